The van der Waals surface area contributed by atoms with Gasteiger partial charge in [0.05, 0.1) is 5.69 Å². The van der Waals surface area contributed by atoms with E-state index in [1.165, 1.54) is 0 Å². The second-order valence-electron chi connectivity index (χ2n) is 6.07. The van der Waals surface area contributed by atoms with E-state index in [0.717, 1.165) is 9.87 Å². The number of carbonyl (C=O) groups is 1. The lowest BCUT2D eigenvalue weighted by Crippen LogP contribution is -2.35. The number of hydrogen-bond acceptors (Lipinski definition) is 4. The van der Waals surface area contributed by atoms with E-state index in [-0.39, 0.29) is 5.91 Å². The fraction of sp³-hybridized carbons (Fsp3) is 0.533. The van der Waals surface area contributed by atoms with E-state index < -0.39 is 16.3 Å². The van der Waals surface area contributed by atoms with Crippen molar-refractivity contribution in [1.29, 1.82) is 0 Å². The molecule has 1 amide bonds. The monoisotopic (exact) mass is 341 g/mol. The van der Waals surface area contributed by atoms with Crippen molar-refractivity contribution in [3.63, 3.8) is 0 Å². The highest BCUT2D eigenvalue weighted by molar-refractivity contribution is 7.90. The number of carbonyl (C=O) groups excluding carboxylic acids is 1. The molecule has 1 aliphatic rings. The highest BCUT2D eigenvalue weighted by Gasteiger charge is 2.27. The molecule has 0 saturated heterocycles. The third-order valence-corrected chi connectivity index (χ3v) is 4.56. The molecule has 1 aliphatic heterocycles. The van der Waals surface area contributed by atoms with Crippen LogP contribution < -0.4 is 14.8 Å². The van der Waals surface area contributed by atoms with Crippen LogP contribution in [0, 0.1) is 5.92 Å². The number of rotatable bonds is 6. The Balaban J connectivity index is 2.09. The van der Waals surface area contributed by atoms with Crippen molar-refractivity contribution in [2.45, 2.75) is 33.3 Å². The molecule has 0 bridgehead atoms. The maximum absolute atomic E-state index is 12.1. The van der Waals surface area contributed by atoms with E-state index in [1.807, 2.05) is 13.8 Å². The number of hydrogen-bond donors (Lipinski definition) is 2. The average Bonchev–Trinajstić information content (AvgIpc) is 2.87. The molecule has 0 radical (unpaired) electrons. The lowest BCUT2D eigenvalue weighted by molar-refractivity contribution is -0.126. The first-order chi connectivity index (χ1) is 10.7. The third kappa shape index (κ3) is 4.43. The standard InChI is InChI=1S/C15H23N3O4S/c1-10(2)9-22-11(3)15(19)17-13-5-4-12-6-7-18(14(12)8-13)23(16,20)21/h4-5,8,10-11H,6-7,9H2,1-3H3,(H,17,19)(H2,16,20,21). The molecule has 1 atom stereocenters. The van der Waals surface area contributed by atoms with Crippen LogP contribution in [0.5, 0.6) is 0 Å². The maximum atomic E-state index is 12.1. The molecular weight excluding hydrogens is 318 g/mol. The van der Waals surface area contributed by atoms with Gasteiger partial charge in [0.1, 0.15) is 6.10 Å². The summed E-state index contributed by atoms with van der Waals surface area (Å²) in [6, 6.07) is 5.17. The molecule has 1 heterocycles. The Labute approximate surface area is 137 Å². The van der Waals surface area contributed by atoms with Gasteiger partial charge in [-0.25, -0.2) is 5.14 Å². The molecule has 1 aromatic carbocycles. The van der Waals surface area contributed by atoms with Gasteiger partial charge in [-0.1, -0.05) is 19.9 Å². The first kappa shape index (κ1) is 17.7. The quantitative estimate of drug-likeness (QED) is 0.813. The Morgan fingerprint density at radius 3 is 2.70 bits per heavy atom. The predicted octanol–water partition coefficient (Wildman–Crippen LogP) is 1.25. The molecule has 1 aromatic rings. The zero-order chi connectivity index (χ0) is 17.2. The minimum absolute atomic E-state index is 0.272. The molecule has 23 heavy (non-hydrogen) atoms. The van der Waals surface area contributed by atoms with Crippen LogP contribution in [0.1, 0.15) is 26.3 Å². The lowest BCUT2D eigenvalue weighted by Gasteiger charge is -2.18. The first-order valence-corrected chi connectivity index (χ1v) is 9.04. The Hall–Kier alpha value is -1.64. The Morgan fingerprint density at radius 1 is 1.39 bits per heavy atom. The highest BCUT2D eigenvalue weighted by Crippen LogP contribution is 2.32. The van der Waals surface area contributed by atoms with Gasteiger partial charge in [-0.3, -0.25) is 9.10 Å². The summed E-state index contributed by atoms with van der Waals surface area (Å²) in [6.45, 7) is 6.51. The number of nitrogens with zero attached hydrogens (tertiary/aromatic N) is 1. The van der Waals surface area contributed by atoms with Gasteiger partial charge in [-0.15, -0.1) is 0 Å². The van der Waals surface area contributed by atoms with Gasteiger partial charge in [0.15, 0.2) is 0 Å². The van der Waals surface area contributed by atoms with Crippen LogP contribution in [0.15, 0.2) is 18.2 Å². The molecule has 0 spiro atoms. The van der Waals surface area contributed by atoms with E-state index in [9.17, 15) is 13.2 Å². The summed E-state index contributed by atoms with van der Waals surface area (Å²) in [5, 5.41) is 7.95. The molecule has 3 N–H and O–H groups in total. The van der Waals surface area contributed by atoms with E-state index in [0.29, 0.717) is 36.9 Å². The van der Waals surface area contributed by atoms with Gasteiger partial charge < -0.3 is 10.1 Å². The van der Waals surface area contributed by atoms with Crippen molar-refractivity contribution in [3.8, 4) is 0 Å². The van der Waals surface area contributed by atoms with Crippen molar-refractivity contribution in [3.05, 3.63) is 23.8 Å². The number of nitrogens with one attached hydrogen (secondary N) is 1. The SMILES string of the molecule is CC(C)COC(C)C(=O)Nc1ccc2c(c1)N(S(N)(=O)=O)CC2. The summed E-state index contributed by atoms with van der Waals surface area (Å²) in [4.78, 5) is 12.1. The van der Waals surface area contributed by atoms with Gasteiger partial charge in [0.25, 0.3) is 16.1 Å². The van der Waals surface area contributed by atoms with E-state index >= 15 is 0 Å². The molecule has 0 fully saturated rings. The van der Waals surface area contributed by atoms with E-state index in [2.05, 4.69) is 5.32 Å². The summed E-state index contributed by atoms with van der Waals surface area (Å²) in [5.41, 5.74) is 1.92. The number of fused-ring (bicyclic) bond motifs is 1. The summed E-state index contributed by atoms with van der Waals surface area (Å²) < 4.78 is 29.8. The average molecular weight is 341 g/mol. The molecule has 0 saturated carbocycles. The summed E-state index contributed by atoms with van der Waals surface area (Å²) in [7, 11) is -3.80. The molecule has 7 nitrogen and oxygen atoms in total. The number of nitrogens with two attached hydrogens (primary N) is 1. The van der Waals surface area contributed by atoms with Crippen LogP contribution in [0.4, 0.5) is 11.4 Å². The smallest absolute Gasteiger partial charge is 0.299 e. The fourth-order valence-electron chi connectivity index (χ4n) is 2.35. The van der Waals surface area contributed by atoms with Crippen LogP contribution >= 0.6 is 0 Å². The topological polar surface area (TPSA) is 102 Å². The zero-order valence-corrected chi connectivity index (χ0v) is 14.4. The van der Waals surface area contributed by atoms with Gasteiger partial charge in [0, 0.05) is 18.8 Å². The second-order valence-corrected chi connectivity index (χ2v) is 7.54. The number of benzene rings is 1. The van der Waals surface area contributed by atoms with Gasteiger partial charge in [0.2, 0.25) is 0 Å². The summed E-state index contributed by atoms with van der Waals surface area (Å²) in [6.07, 6.45) is 0.0217. The van der Waals surface area contributed by atoms with E-state index in [4.69, 9.17) is 9.88 Å². The van der Waals surface area contributed by atoms with Crippen molar-refractivity contribution in [2.75, 3.05) is 22.8 Å². The lowest BCUT2D eigenvalue weighted by atomic mass is 10.1. The molecule has 1 unspecified atom stereocenters. The Bertz CT molecular complexity index is 688. The highest BCUT2D eigenvalue weighted by atomic mass is 32.2. The van der Waals surface area contributed by atoms with Crippen molar-refractivity contribution >= 4 is 27.5 Å². The normalized spacial score (nSPS) is 15.6. The van der Waals surface area contributed by atoms with Gasteiger partial charge in [-0.05, 0) is 37.0 Å². The van der Waals surface area contributed by atoms with Crippen LogP contribution in [-0.2, 0) is 26.2 Å². The largest absolute Gasteiger partial charge is 0.368 e. The minimum atomic E-state index is -3.80. The van der Waals surface area contributed by atoms with Crippen molar-refractivity contribution in [2.24, 2.45) is 11.1 Å². The first-order valence-electron chi connectivity index (χ1n) is 7.54. The number of ether oxygens (including phenoxy) is 1. The van der Waals surface area contributed by atoms with Gasteiger partial charge >= 0.3 is 0 Å². The van der Waals surface area contributed by atoms with Crippen molar-refractivity contribution in [1.82, 2.24) is 0 Å². The molecule has 8 heteroatoms. The van der Waals surface area contributed by atoms with Crippen LogP contribution in [0.3, 0.4) is 0 Å². The molecule has 128 valence electrons. The second kappa shape index (κ2) is 6.86. The number of amides is 1. The third-order valence-electron chi connectivity index (χ3n) is 3.56. The predicted molar refractivity (Wildman–Crippen MR) is 89.5 cm³/mol. The van der Waals surface area contributed by atoms with Gasteiger partial charge in [-0.2, -0.15) is 8.42 Å². The number of anilines is 2. The molecule has 0 aromatic heterocycles. The molecular formula is C15H23N3O4S. The van der Waals surface area contributed by atoms with Crippen LogP contribution in [-0.4, -0.2) is 33.6 Å². The van der Waals surface area contributed by atoms with Crippen LogP contribution in [0.2, 0.25) is 0 Å². The maximum Gasteiger partial charge on any atom is 0.299 e. The fourth-order valence-corrected chi connectivity index (χ4v) is 3.14. The molecule has 0 aliphatic carbocycles. The Kier molecular flexibility index (Phi) is 5.28. The Morgan fingerprint density at radius 2 is 2.09 bits per heavy atom. The summed E-state index contributed by atoms with van der Waals surface area (Å²) >= 11 is 0. The van der Waals surface area contributed by atoms with E-state index in [1.54, 1.807) is 25.1 Å². The van der Waals surface area contributed by atoms with Crippen molar-refractivity contribution < 1.29 is 17.9 Å². The summed E-state index contributed by atoms with van der Waals surface area (Å²) in [5.74, 6) is 0.0688. The van der Waals surface area contributed by atoms with Crippen LogP contribution in [0.25, 0.3) is 0 Å². The zero-order valence-electron chi connectivity index (χ0n) is 13.6. The minimum Gasteiger partial charge on any atom is -0.368 e. The molecule has 2 rings (SSSR count).